The monoisotopic (exact) mass is 465 g/mol. The van der Waals surface area contributed by atoms with Gasteiger partial charge in [0, 0.05) is 29.9 Å². The summed E-state index contributed by atoms with van der Waals surface area (Å²) < 4.78 is 0. The molecule has 0 unspecified atom stereocenters. The zero-order valence-corrected chi connectivity index (χ0v) is 20.7. The predicted molar refractivity (Wildman–Crippen MR) is 139 cm³/mol. The number of para-hydroxylation sites is 1. The van der Waals surface area contributed by atoms with Crippen LogP contribution in [0.15, 0.2) is 58.4 Å². The number of rotatable bonds is 4. The number of benzene rings is 2. The van der Waals surface area contributed by atoms with Crippen LogP contribution in [0, 0.1) is 0 Å². The maximum atomic E-state index is 13.2. The molecule has 1 saturated heterocycles. The van der Waals surface area contributed by atoms with E-state index in [1.807, 2.05) is 42.5 Å². The van der Waals surface area contributed by atoms with Crippen molar-refractivity contribution < 1.29 is 4.79 Å². The quantitative estimate of drug-likeness (QED) is 0.456. The number of amidine groups is 1. The molecule has 0 saturated carbocycles. The molecule has 0 aliphatic carbocycles. The molecule has 2 aromatic carbocycles. The highest BCUT2D eigenvalue weighted by Crippen LogP contribution is 2.42. The van der Waals surface area contributed by atoms with Crippen LogP contribution in [0.3, 0.4) is 0 Å². The van der Waals surface area contributed by atoms with Crippen molar-refractivity contribution in [3.63, 3.8) is 0 Å². The van der Waals surface area contributed by atoms with E-state index < -0.39 is 0 Å². The first-order valence-corrected chi connectivity index (χ1v) is 12.0. The molecule has 1 fully saturated rings. The second-order valence-electron chi connectivity index (χ2n) is 8.73. The van der Waals surface area contributed by atoms with Crippen molar-refractivity contribution in [1.29, 1.82) is 0 Å². The molecule has 0 radical (unpaired) electrons. The number of hydrogen-bond acceptors (Lipinski definition) is 4. The minimum Gasteiger partial charge on any atom is -0.365 e. The van der Waals surface area contributed by atoms with Crippen LogP contribution in [0.4, 0.5) is 11.4 Å². The van der Waals surface area contributed by atoms with Crippen LogP contribution in [-0.4, -0.2) is 35.1 Å². The summed E-state index contributed by atoms with van der Waals surface area (Å²) in [4.78, 5) is 22.6. The number of likely N-dealkylation sites (N-methyl/N-ethyl adjacent to an activating group) is 1. The number of amides is 1. The maximum absolute atomic E-state index is 13.2. The minimum atomic E-state index is -0.0822. The lowest BCUT2D eigenvalue weighted by Crippen LogP contribution is -2.42. The molecular weight excluding hydrogens is 438 g/mol. The van der Waals surface area contributed by atoms with Crippen molar-refractivity contribution in [3.8, 4) is 0 Å². The van der Waals surface area contributed by atoms with Crippen LogP contribution in [0.5, 0.6) is 0 Å². The second kappa shape index (κ2) is 8.80. The first-order valence-electron chi connectivity index (χ1n) is 10.8. The Labute approximate surface area is 199 Å². The average molecular weight is 466 g/mol. The van der Waals surface area contributed by atoms with Gasteiger partial charge in [0.2, 0.25) is 0 Å². The zero-order chi connectivity index (χ0) is 23.0. The van der Waals surface area contributed by atoms with Gasteiger partial charge in [-0.25, -0.2) is 4.99 Å². The lowest BCUT2D eigenvalue weighted by Gasteiger charge is -2.40. The molecule has 0 aromatic heterocycles. The van der Waals surface area contributed by atoms with Crippen LogP contribution in [-0.2, 0) is 4.79 Å². The largest absolute Gasteiger partial charge is 0.365 e. The van der Waals surface area contributed by atoms with Crippen molar-refractivity contribution in [3.05, 3.63) is 69.6 Å². The fraction of sp³-hybridized carbons (Fsp3) is 0.308. The number of aliphatic imine (C=N–C) groups is 1. The molecular formula is C26H28ClN3OS. The van der Waals surface area contributed by atoms with Gasteiger partial charge >= 0.3 is 0 Å². The topological polar surface area (TPSA) is 35.9 Å². The lowest BCUT2D eigenvalue weighted by molar-refractivity contribution is -0.122. The van der Waals surface area contributed by atoms with Crippen LogP contribution < -0.4 is 4.90 Å². The number of nitrogens with zero attached hydrogens (tertiary/aromatic N) is 3. The van der Waals surface area contributed by atoms with E-state index >= 15 is 0 Å². The van der Waals surface area contributed by atoms with Gasteiger partial charge in [-0.1, -0.05) is 42.8 Å². The molecule has 2 aromatic rings. The first kappa shape index (κ1) is 22.7. The van der Waals surface area contributed by atoms with E-state index in [0.29, 0.717) is 21.6 Å². The average Bonchev–Trinajstić information content (AvgIpc) is 3.03. The van der Waals surface area contributed by atoms with Gasteiger partial charge in [-0.05, 0) is 80.4 Å². The number of thioether (sulfide) groups is 1. The fourth-order valence-electron chi connectivity index (χ4n) is 4.06. The Morgan fingerprint density at radius 2 is 1.91 bits per heavy atom. The van der Waals surface area contributed by atoms with Gasteiger partial charge in [0.1, 0.15) is 0 Å². The van der Waals surface area contributed by atoms with E-state index in [4.69, 9.17) is 16.6 Å². The molecule has 0 atom stereocenters. The highest BCUT2D eigenvalue weighted by molar-refractivity contribution is 8.18. The zero-order valence-electron chi connectivity index (χ0n) is 19.1. The maximum Gasteiger partial charge on any atom is 0.266 e. The molecule has 2 heterocycles. The van der Waals surface area contributed by atoms with Gasteiger partial charge in [0.15, 0.2) is 5.17 Å². The van der Waals surface area contributed by atoms with E-state index in [-0.39, 0.29) is 11.4 Å². The fourth-order valence-corrected chi connectivity index (χ4v) is 5.29. The summed E-state index contributed by atoms with van der Waals surface area (Å²) >= 11 is 8.11. The van der Waals surface area contributed by atoms with Crippen molar-refractivity contribution in [2.75, 3.05) is 18.5 Å². The molecule has 4 rings (SSSR count). The van der Waals surface area contributed by atoms with E-state index in [1.54, 1.807) is 4.90 Å². The highest BCUT2D eigenvalue weighted by Gasteiger charge is 2.33. The highest BCUT2D eigenvalue weighted by atomic mass is 35.5. The Balaban J connectivity index is 1.73. The Morgan fingerprint density at radius 1 is 1.19 bits per heavy atom. The third kappa shape index (κ3) is 4.24. The standard InChI is InChI=1S/C26H28ClN3OS/c1-6-12-30-24(31)23(32-25(30)28-19-10-8-7-9-11-19)14-18-13-20-17(2)16-26(3,4)29(5)22(20)15-21(18)27/h7-11,13-16H,6,12H2,1-5H3/b23-14+,28-25?. The van der Waals surface area contributed by atoms with E-state index in [2.05, 4.69) is 51.8 Å². The number of anilines is 1. The Hall–Kier alpha value is -2.50. The number of carbonyl (C=O) groups excluding carboxylic acids is 1. The summed E-state index contributed by atoms with van der Waals surface area (Å²) in [5.74, 6) is -0.0224. The molecule has 2 aliphatic rings. The van der Waals surface area contributed by atoms with Crippen molar-refractivity contribution in [2.45, 2.75) is 39.7 Å². The van der Waals surface area contributed by atoms with Crippen molar-refractivity contribution in [2.24, 2.45) is 4.99 Å². The molecule has 0 spiro atoms. The number of hydrogen-bond donors (Lipinski definition) is 0. The van der Waals surface area contributed by atoms with Crippen LogP contribution in [0.1, 0.15) is 45.2 Å². The summed E-state index contributed by atoms with van der Waals surface area (Å²) in [6.07, 6.45) is 5.03. The van der Waals surface area contributed by atoms with Gasteiger partial charge in [0.05, 0.1) is 16.1 Å². The number of halogens is 1. The van der Waals surface area contributed by atoms with Gasteiger partial charge in [-0.15, -0.1) is 0 Å². The lowest BCUT2D eigenvalue weighted by atomic mass is 9.88. The normalized spacial score (nSPS) is 20.2. The van der Waals surface area contributed by atoms with Gasteiger partial charge in [-0.3, -0.25) is 9.69 Å². The Bertz CT molecular complexity index is 1150. The first-order chi connectivity index (χ1) is 15.2. The van der Waals surface area contributed by atoms with Crippen molar-refractivity contribution in [1.82, 2.24) is 4.90 Å². The number of carbonyl (C=O) groups is 1. The summed E-state index contributed by atoms with van der Waals surface area (Å²) in [5.41, 5.74) is 5.06. The number of allylic oxidation sites excluding steroid dienone is 1. The predicted octanol–water partition coefficient (Wildman–Crippen LogP) is 6.99. The van der Waals surface area contributed by atoms with E-state index in [9.17, 15) is 4.79 Å². The molecule has 4 nitrogen and oxygen atoms in total. The van der Waals surface area contributed by atoms with Crippen molar-refractivity contribution >= 4 is 57.5 Å². The molecule has 6 heteroatoms. The summed E-state index contributed by atoms with van der Waals surface area (Å²) in [6, 6.07) is 13.8. The third-order valence-electron chi connectivity index (χ3n) is 5.94. The minimum absolute atomic E-state index is 0.0224. The summed E-state index contributed by atoms with van der Waals surface area (Å²) in [7, 11) is 2.08. The molecule has 2 aliphatic heterocycles. The van der Waals surface area contributed by atoms with Gasteiger partial charge in [-0.2, -0.15) is 0 Å². The second-order valence-corrected chi connectivity index (χ2v) is 10.1. The molecule has 0 bridgehead atoms. The Kier molecular flexibility index (Phi) is 6.24. The van der Waals surface area contributed by atoms with Crippen LogP contribution in [0.25, 0.3) is 11.6 Å². The van der Waals surface area contributed by atoms with Crippen LogP contribution in [0.2, 0.25) is 5.02 Å². The SMILES string of the molecule is CCCN1C(=O)/C(=C\c2cc3c(cc2Cl)N(C)C(C)(C)C=C3C)SC1=Nc1ccccc1. The van der Waals surface area contributed by atoms with Gasteiger partial charge in [0.25, 0.3) is 5.91 Å². The smallest absolute Gasteiger partial charge is 0.266 e. The third-order valence-corrected chi connectivity index (χ3v) is 7.27. The molecule has 32 heavy (non-hydrogen) atoms. The van der Waals surface area contributed by atoms with E-state index in [1.165, 1.54) is 17.3 Å². The Morgan fingerprint density at radius 3 is 2.59 bits per heavy atom. The number of fused-ring (bicyclic) bond motifs is 1. The molecule has 1 amide bonds. The summed E-state index contributed by atoms with van der Waals surface area (Å²) in [5, 5.41) is 1.35. The summed E-state index contributed by atoms with van der Waals surface area (Å²) in [6.45, 7) is 9.20. The van der Waals surface area contributed by atoms with E-state index in [0.717, 1.165) is 28.9 Å². The molecule has 166 valence electrons. The molecule has 0 N–H and O–H groups in total. The van der Waals surface area contributed by atoms with Gasteiger partial charge < -0.3 is 4.90 Å². The van der Waals surface area contributed by atoms with Crippen LogP contribution >= 0.6 is 23.4 Å².